The molecule has 1 atom stereocenters. The van der Waals surface area contributed by atoms with Crippen LogP contribution in [0.2, 0.25) is 0 Å². The first-order valence-corrected chi connectivity index (χ1v) is 16.0. The molecule has 34 heavy (non-hydrogen) atoms. The van der Waals surface area contributed by atoms with Crippen LogP contribution < -0.4 is 0 Å². The van der Waals surface area contributed by atoms with Crippen molar-refractivity contribution < 1.29 is 0 Å². The number of hydrogen-bond donors (Lipinski definition) is 0. The van der Waals surface area contributed by atoms with E-state index in [-0.39, 0.29) is 0 Å². The van der Waals surface area contributed by atoms with E-state index < -0.39 is 0 Å². The van der Waals surface area contributed by atoms with E-state index >= 15 is 0 Å². The summed E-state index contributed by atoms with van der Waals surface area (Å²) in [6.07, 6.45) is 41.4. The van der Waals surface area contributed by atoms with Crippen molar-refractivity contribution in [1.29, 1.82) is 0 Å². The minimum Gasteiger partial charge on any atom is -0.303 e. The Morgan fingerprint density at radius 2 is 0.676 bits per heavy atom. The number of nitrogens with zero attached hydrogens (tertiary/aromatic N) is 1. The van der Waals surface area contributed by atoms with Gasteiger partial charge >= 0.3 is 0 Å². The van der Waals surface area contributed by atoms with Gasteiger partial charge in [-0.25, -0.2) is 0 Å². The number of hydrogen-bond acceptors (Lipinski definition) is 1. The number of unbranched alkanes of at least 4 members (excludes halogenated alkanes) is 25. The third-order valence-electron chi connectivity index (χ3n) is 7.79. The molecule has 0 heterocycles. The molecule has 0 aliphatic rings. The monoisotopic (exact) mass is 478 g/mol. The predicted octanol–water partition coefficient (Wildman–Crippen LogP) is 11.7. The molecule has 1 unspecified atom stereocenters. The summed E-state index contributed by atoms with van der Waals surface area (Å²) in [5.41, 5.74) is 0. The Morgan fingerprint density at radius 1 is 0.441 bits per heavy atom. The molecule has 1 nitrogen and oxygen atoms in total. The lowest BCUT2D eigenvalue weighted by Crippen LogP contribution is -2.25. The predicted molar refractivity (Wildman–Crippen MR) is 158 cm³/mol. The molecule has 0 rings (SSSR count). The molecule has 0 spiro atoms. The highest BCUT2D eigenvalue weighted by Crippen LogP contribution is 2.16. The summed E-state index contributed by atoms with van der Waals surface area (Å²) in [5.74, 6) is 0. The second-order valence-electron chi connectivity index (χ2n) is 11.4. The molecule has 0 aromatic rings. The molecule has 0 fully saturated rings. The summed E-state index contributed by atoms with van der Waals surface area (Å²) in [4.78, 5) is 2.28. The Labute approximate surface area is 217 Å². The van der Waals surface area contributed by atoms with Crippen LogP contribution in [0.4, 0.5) is 0 Å². The van der Waals surface area contributed by atoms with Crippen LogP contribution >= 0.6 is 0 Å². The normalized spacial score (nSPS) is 12.5. The van der Waals surface area contributed by atoms with Gasteiger partial charge in [0.2, 0.25) is 0 Å². The van der Waals surface area contributed by atoms with Crippen LogP contribution in [0.5, 0.6) is 0 Å². The highest BCUT2D eigenvalue weighted by molar-refractivity contribution is 4.84. The van der Waals surface area contributed by atoms with Gasteiger partial charge < -0.3 is 4.90 Å². The van der Waals surface area contributed by atoms with Gasteiger partial charge in [-0.2, -0.15) is 0 Å². The highest BCUT2D eigenvalue weighted by Gasteiger charge is 2.05. The maximum Gasteiger partial charge on any atom is 0.0269 e. The van der Waals surface area contributed by atoms with Crippen molar-refractivity contribution in [2.24, 2.45) is 0 Å². The Kier molecular flexibility index (Phi) is 28.7. The first kappa shape index (κ1) is 33.7. The van der Waals surface area contributed by atoms with Crippen LogP contribution in [-0.2, 0) is 0 Å². The van der Waals surface area contributed by atoms with Crippen LogP contribution in [0.25, 0.3) is 0 Å². The van der Waals surface area contributed by atoms with Gasteiger partial charge in [0, 0.05) is 6.04 Å². The summed E-state index contributed by atoms with van der Waals surface area (Å²) in [6, 6.07) is 0.564. The van der Waals surface area contributed by atoms with Crippen LogP contribution in [0.3, 0.4) is 0 Å². The Morgan fingerprint density at radius 3 is 0.882 bits per heavy atom. The molecular formula is C33H67N. The van der Waals surface area contributed by atoms with E-state index in [4.69, 9.17) is 0 Å². The van der Waals surface area contributed by atoms with Crippen molar-refractivity contribution >= 4 is 0 Å². The average molecular weight is 478 g/mol. The van der Waals surface area contributed by atoms with Crippen molar-refractivity contribution in [3.05, 3.63) is 12.7 Å². The second kappa shape index (κ2) is 28.9. The molecular weight excluding hydrogens is 410 g/mol. The fourth-order valence-electron chi connectivity index (χ4n) is 5.26. The Hall–Kier alpha value is -0.300. The molecule has 1 heteroatoms. The van der Waals surface area contributed by atoms with Crippen molar-refractivity contribution in [2.45, 2.75) is 186 Å². The summed E-state index contributed by atoms with van der Waals surface area (Å²) in [5, 5.41) is 0. The zero-order valence-corrected chi connectivity index (χ0v) is 24.4. The Balaban J connectivity index is 3.08. The van der Waals surface area contributed by atoms with Crippen molar-refractivity contribution in [3.63, 3.8) is 0 Å². The van der Waals surface area contributed by atoms with E-state index in [9.17, 15) is 0 Å². The molecule has 0 saturated heterocycles. The van der Waals surface area contributed by atoms with Gasteiger partial charge in [-0.3, -0.25) is 0 Å². The Bertz CT molecular complexity index is 375. The molecule has 0 aromatic carbocycles. The van der Waals surface area contributed by atoms with Crippen LogP contribution in [-0.4, -0.2) is 25.0 Å². The van der Waals surface area contributed by atoms with Crippen molar-refractivity contribution in [3.8, 4) is 0 Å². The van der Waals surface area contributed by atoms with E-state index in [1.807, 2.05) is 0 Å². The van der Waals surface area contributed by atoms with Gasteiger partial charge in [-0.1, -0.05) is 180 Å². The molecule has 0 bridgehead atoms. The van der Waals surface area contributed by atoms with Gasteiger partial charge in [0.25, 0.3) is 0 Å². The van der Waals surface area contributed by atoms with E-state index in [0.29, 0.717) is 6.04 Å². The number of rotatable bonds is 29. The van der Waals surface area contributed by atoms with E-state index in [0.717, 1.165) is 0 Å². The van der Waals surface area contributed by atoms with Crippen molar-refractivity contribution in [2.75, 3.05) is 14.1 Å². The van der Waals surface area contributed by atoms with E-state index in [1.165, 1.54) is 173 Å². The van der Waals surface area contributed by atoms with Crippen LogP contribution in [0.15, 0.2) is 12.7 Å². The fraction of sp³-hybridized carbons (Fsp3) is 0.939. The first-order valence-electron chi connectivity index (χ1n) is 16.0. The summed E-state index contributed by atoms with van der Waals surface area (Å²) in [6.45, 7) is 6.26. The van der Waals surface area contributed by atoms with Gasteiger partial charge in [0.15, 0.2) is 0 Å². The molecule has 0 aromatic heterocycles. The van der Waals surface area contributed by atoms with Crippen LogP contribution in [0.1, 0.15) is 180 Å². The zero-order chi connectivity index (χ0) is 25.0. The minimum absolute atomic E-state index is 0.564. The topological polar surface area (TPSA) is 3.24 Å². The molecule has 0 aliphatic carbocycles. The first-order chi connectivity index (χ1) is 16.7. The standard InChI is InChI=1S/C33H67N/c1-5-7-8-9-10-11-12-13-14-15-16-17-18-19-20-21-22-23-24-25-26-27-28-29-30-31-32-33(6-2)34(3)4/h6,33H,2,5,7-32H2,1,3-4H3. The largest absolute Gasteiger partial charge is 0.303 e. The lowest BCUT2D eigenvalue weighted by molar-refractivity contribution is 0.319. The van der Waals surface area contributed by atoms with Gasteiger partial charge in [-0.05, 0) is 20.5 Å². The molecule has 0 N–H and O–H groups in total. The zero-order valence-electron chi connectivity index (χ0n) is 24.4. The van der Waals surface area contributed by atoms with E-state index in [1.54, 1.807) is 0 Å². The molecule has 0 aliphatic heterocycles. The quantitative estimate of drug-likeness (QED) is 0.0764. The van der Waals surface area contributed by atoms with E-state index in [2.05, 4.69) is 38.6 Å². The number of likely N-dealkylation sites (N-methyl/N-ethyl adjacent to an activating group) is 1. The molecule has 204 valence electrons. The minimum atomic E-state index is 0.564. The van der Waals surface area contributed by atoms with Gasteiger partial charge in [-0.15, -0.1) is 6.58 Å². The fourth-order valence-corrected chi connectivity index (χ4v) is 5.26. The maximum absolute atomic E-state index is 3.96. The highest BCUT2D eigenvalue weighted by atomic mass is 15.1. The summed E-state index contributed by atoms with van der Waals surface area (Å²) >= 11 is 0. The van der Waals surface area contributed by atoms with Crippen LogP contribution in [0, 0.1) is 0 Å². The SMILES string of the molecule is C=CC(CCCCCCCCCCCCCCCCCCCCCCCCCCCC)N(C)C. The second-order valence-corrected chi connectivity index (χ2v) is 11.4. The van der Waals surface area contributed by atoms with Gasteiger partial charge in [0.05, 0.1) is 0 Å². The summed E-state index contributed by atoms with van der Waals surface area (Å²) < 4.78 is 0. The maximum atomic E-state index is 3.96. The lowest BCUT2D eigenvalue weighted by atomic mass is 10.0. The molecule has 0 amide bonds. The van der Waals surface area contributed by atoms with Crippen molar-refractivity contribution in [1.82, 2.24) is 4.90 Å². The molecule has 0 saturated carbocycles. The van der Waals surface area contributed by atoms with Gasteiger partial charge in [0.1, 0.15) is 0 Å². The lowest BCUT2D eigenvalue weighted by Gasteiger charge is -2.20. The third kappa shape index (κ3) is 26.3. The third-order valence-corrected chi connectivity index (χ3v) is 7.79. The average Bonchev–Trinajstić information content (AvgIpc) is 2.83. The smallest absolute Gasteiger partial charge is 0.0269 e. The summed E-state index contributed by atoms with van der Waals surface area (Å²) in [7, 11) is 4.32. The molecule has 0 radical (unpaired) electrons.